The zero-order chi connectivity index (χ0) is 17.4. The molecule has 130 valence electrons. The minimum absolute atomic E-state index is 0.423. The minimum atomic E-state index is 0.423. The fourth-order valence-electron chi connectivity index (χ4n) is 3.15. The third kappa shape index (κ3) is 2.99. The normalized spacial score (nSPS) is 19.6. The van der Waals surface area contributed by atoms with Crippen molar-refractivity contribution in [2.45, 2.75) is 33.2 Å². The number of imidazole rings is 1. The molecule has 0 spiro atoms. The van der Waals surface area contributed by atoms with Crippen molar-refractivity contribution >= 4 is 0 Å². The average Bonchev–Trinajstić information content (AvgIpc) is 3.24. The molecule has 1 aliphatic rings. The number of fused-ring (bicyclic) bond motifs is 1. The van der Waals surface area contributed by atoms with Crippen LogP contribution in [0, 0.1) is 11.8 Å². The van der Waals surface area contributed by atoms with Gasteiger partial charge in [-0.3, -0.25) is 0 Å². The molecule has 1 aliphatic carbocycles. The lowest BCUT2D eigenvalue weighted by molar-refractivity contribution is 0.341. The summed E-state index contributed by atoms with van der Waals surface area (Å²) in [7, 11) is 1.55. The molecule has 8 heteroatoms. The van der Waals surface area contributed by atoms with E-state index in [0.717, 1.165) is 12.8 Å². The van der Waals surface area contributed by atoms with Crippen molar-refractivity contribution in [3.63, 3.8) is 0 Å². The second-order valence-electron chi connectivity index (χ2n) is 6.59. The molecular weight excluding hydrogens is 320 g/mol. The van der Waals surface area contributed by atoms with Gasteiger partial charge in [0.25, 0.3) is 0 Å². The zero-order valence-electron chi connectivity index (χ0n) is 14.5. The molecule has 0 bridgehead atoms. The molecule has 0 saturated carbocycles. The van der Waals surface area contributed by atoms with Crippen molar-refractivity contribution in [2.75, 3.05) is 7.11 Å². The highest BCUT2D eigenvalue weighted by atomic mass is 16.5. The highest BCUT2D eigenvalue weighted by Gasteiger charge is 2.26. The molecule has 0 N–H and O–H groups in total. The lowest BCUT2D eigenvalue weighted by atomic mass is 9.82. The summed E-state index contributed by atoms with van der Waals surface area (Å²) < 4.78 is 12.6. The van der Waals surface area contributed by atoms with Crippen LogP contribution in [0.15, 0.2) is 23.2 Å². The molecule has 0 aromatic carbocycles. The largest absolute Gasteiger partial charge is 0.481 e. The van der Waals surface area contributed by atoms with Crippen molar-refractivity contribution < 1.29 is 9.26 Å². The maximum absolute atomic E-state index is 5.39. The van der Waals surface area contributed by atoms with Crippen molar-refractivity contribution in [1.82, 2.24) is 29.7 Å². The monoisotopic (exact) mass is 340 g/mol. The average molecular weight is 340 g/mol. The molecule has 0 amide bonds. The Kier molecular flexibility index (Phi) is 3.95. The molecular formula is C17H20N6O2. The predicted molar refractivity (Wildman–Crippen MR) is 88.9 cm³/mol. The van der Waals surface area contributed by atoms with E-state index in [1.807, 2.05) is 6.33 Å². The van der Waals surface area contributed by atoms with Crippen LogP contribution in [0.25, 0.3) is 11.5 Å². The second-order valence-corrected chi connectivity index (χ2v) is 6.59. The van der Waals surface area contributed by atoms with Gasteiger partial charge in [-0.25, -0.2) is 15.0 Å². The van der Waals surface area contributed by atoms with Crippen molar-refractivity contribution in [1.29, 1.82) is 0 Å². The number of methoxy groups -OCH3 is 1. The van der Waals surface area contributed by atoms with Crippen LogP contribution < -0.4 is 4.74 Å². The molecule has 4 rings (SSSR count). The summed E-state index contributed by atoms with van der Waals surface area (Å²) in [6.07, 6.45) is 5.34. The first kappa shape index (κ1) is 15.7. The summed E-state index contributed by atoms with van der Waals surface area (Å²) in [6.45, 7) is 5.09. The first-order chi connectivity index (χ1) is 12.1. The van der Waals surface area contributed by atoms with Crippen LogP contribution in [0.1, 0.15) is 31.1 Å². The van der Waals surface area contributed by atoms with Gasteiger partial charge >= 0.3 is 0 Å². The fourth-order valence-corrected chi connectivity index (χ4v) is 3.15. The van der Waals surface area contributed by atoms with Gasteiger partial charge in [0.1, 0.15) is 18.6 Å². The maximum Gasteiger partial charge on any atom is 0.246 e. The van der Waals surface area contributed by atoms with E-state index in [2.05, 4.69) is 43.5 Å². The molecule has 2 atom stereocenters. The topological polar surface area (TPSA) is 91.8 Å². The Balaban J connectivity index is 1.56. The fraction of sp³-hybridized carbons (Fsp3) is 0.471. The Labute approximate surface area is 145 Å². The molecule has 0 aliphatic heterocycles. The Morgan fingerprint density at radius 1 is 1.20 bits per heavy atom. The number of aromatic nitrogens is 6. The summed E-state index contributed by atoms with van der Waals surface area (Å²) in [6, 6.07) is 1.68. The molecule has 3 aromatic rings. The third-order valence-electron chi connectivity index (χ3n) is 4.89. The first-order valence-corrected chi connectivity index (χ1v) is 8.36. The zero-order valence-corrected chi connectivity index (χ0v) is 14.5. The SMILES string of the molecule is COc1cc(-c2noc(Cn3cnc4c3C[C@@H](C)[C@@H](C)C4)n2)ncn1. The molecule has 3 aromatic heterocycles. The second kappa shape index (κ2) is 6.27. The number of nitrogens with zero attached hydrogens (tertiary/aromatic N) is 6. The van der Waals surface area contributed by atoms with Crippen molar-refractivity contribution in [2.24, 2.45) is 11.8 Å². The number of hydrogen-bond donors (Lipinski definition) is 0. The van der Waals surface area contributed by atoms with E-state index >= 15 is 0 Å². The van der Waals surface area contributed by atoms with Gasteiger partial charge in [0.05, 0.1) is 19.1 Å². The smallest absolute Gasteiger partial charge is 0.246 e. The van der Waals surface area contributed by atoms with Crippen LogP contribution in [0.3, 0.4) is 0 Å². The van der Waals surface area contributed by atoms with Crippen LogP contribution in [-0.2, 0) is 19.4 Å². The quantitative estimate of drug-likeness (QED) is 0.718. The molecule has 0 unspecified atom stereocenters. The van der Waals surface area contributed by atoms with Crippen LogP contribution in [0.5, 0.6) is 5.88 Å². The van der Waals surface area contributed by atoms with Crippen LogP contribution in [0.4, 0.5) is 0 Å². The van der Waals surface area contributed by atoms with Gasteiger partial charge in [0.2, 0.25) is 17.6 Å². The number of rotatable bonds is 4. The minimum Gasteiger partial charge on any atom is -0.481 e. The van der Waals surface area contributed by atoms with Gasteiger partial charge in [-0.2, -0.15) is 4.98 Å². The van der Waals surface area contributed by atoms with E-state index in [1.165, 1.54) is 17.7 Å². The molecule has 3 heterocycles. The van der Waals surface area contributed by atoms with Crippen LogP contribution >= 0.6 is 0 Å². The molecule has 0 saturated heterocycles. The summed E-state index contributed by atoms with van der Waals surface area (Å²) in [5, 5.41) is 4.02. The van der Waals surface area contributed by atoms with Crippen LogP contribution in [-0.4, -0.2) is 36.8 Å². The Morgan fingerprint density at radius 2 is 2.04 bits per heavy atom. The van der Waals surface area contributed by atoms with Gasteiger partial charge in [-0.15, -0.1) is 0 Å². The molecule has 0 fully saturated rings. The van der Waals surface area contributed by atoms with E-state index in [1.54, 1.807) is 13.2 Å². The van der Waals surface area contributed by atoms with Crippen LogP contribution in [0.2, 0.25) is 0 Å². The van der Waals surface area contributed by atoms with E-state index < -0.39 is 0 Å². The van der Waals surface area contributed by atoms with Gasteiger partial charge in [-0.1, -0.05) is 19.0 Å². The summed E-state index contributed by atoms with van der Waals surface area (Å²) in [4.78, 5) is 17.1. The van der Waals surface area contributed by atoms with Gasteiger partial charge < -0.3 is 13.8 Å². The van der Waals surface area contributed by atoms with Crippen molar-refractivity contribution in [3.05, 3.63) is 36.0 Å². The summed E-state index contributed by atoms with van der Waals surface area (Å²) >= 11 is 0. The number of hydrogen-bond acceptors (Lipinski definition) is 7. The lowest BCUT2D eigenvalue weighted by Gasteiger charge is -2.25. The highest BCUT2D eigenvalue weighted by Crippen LogP contribution is 2.29. The van der Waals surface area contributed by atoms with E-state index in [4.69, 9.17) is 9.26 Å². The third-order valence-corrected chi connectivity index (χ3v) is 4.89. The molecule has 25 heavy (non-hydrogen) atoms. The van der Waals surface area contributed by atoms with Gasteiger partial charge in [0, 0.05) is 11.8 Å². The van der Waals surface area contributed by atoms with E-state index in [-0.39, 0.29) is 0 Å². The van der Waals surface area contributed by atoms with Gasteiger partial charge in [0.15, 0.2) is 0 Å². The standard InChI is InChI=1S/C17H20N6O2/c1-10-4-12-14(5-11(10)2)23(9-20-12)7-16-21-17(22-25-16)13-6-15(24-3)19-8-18-13/h6,8-11H,4-5,7H2,1-3H3/t10-,11+/m0/s1. The van der Waals surface area contributed by atoms with Gasteiger partial charge in [-0.05, 0) is 24.7 Å². The highest BCUT2D eigenvalue weighted by molar-refractivity contribution is 5.49. The Bertz CT molecular complexity index is 887. The van der Waals surface area contributed by atoms with Crippen molar-refractivity contribution in [3.8, 4) is 17.4 Å². The summed E-state index contributed by atoms with van der Waals surface area (Å²) in [5.41, 5.74) is 3.02. The summed E-state index contributed by atoms with van der Waals surface area (Å²) in [5.74, 6) is 2.72. The lowest BCUT2D eigenvalue weighted by Crippen LogP contribution is -2.22. The molecule has 0 radical (unpaired) electrons. The molecule has 8 nitrogen and oxygen atoms in total. The number of ether oxygens (including phenoxy) is 1. The first-order valence-electron chi connectivity index (χ1n) is 8.36. The van der Waals surface area contributed by atoms with E-state index in [9.17, 15) is 0 Å². The predicted octanol–water partition coefficient (Wildman–Crippen LogP) is 2.15. The Hall–Kier alpha value is -2.77. The maximum atomic E-state index is 5.39. The van der Waals surface area contributed by atoms with E-state index in [0.29, 0.717) is 41.7 Å². The Morgan fingerprint density at radius 3 is 2.88 bits per heavy atom.